The number of halogens is 5. The third-order valence-electron chi connectivity index (χ3n) is 1.60. The molecule has 0 bridgehead atoms. The summed E-state index contributed by atoms with van der Waals surface area (Å²) in [5, 5.41) is 0. The van der Waals surface area contributed by atoms with Crippen molar-refractivity contribution in [3.63, 3.8) is 0 Å². The van der Waals surface area contributed by atoms with E-state index in [1.807, 2.05) is 0 Å². The van der Waals surface area contributed by atoms with Gasteiger partial charge in [-0.25, -0.2) is 4.39 Å². The third-order valence-corrected chi connectivity index (χ3v) is 2.40. The van der Waals surface area contributed by atoms with Crippen LogP contribution in [0.5, 0.6) is 0 Å². The first-order valence-corrected chi connectivity index (χ1v) is 4.90. The fourth-order valence-electron chi connectivity index (χ4n) is 0.965. The summed E-state index contributed by atoms with van der Waals surface area (Å²) < 4.78 is 51.4. The van der Waals surface area contributed by atoms with Gasteiger partial charge in [-0.3, -0.25) is 4.74 Å². The van der Waals surface area contributed by atoms with E-state index in [1.165, 1.54) is 18.2 Å². The molecule has 0 aliphatic rings. The fraction of sp³-hybridized carbons (Fsp3) is 0.333. The largest absolute Gasteiger partial charge is 0.522 e. The molecular weight excluding hydrogens is 280 g/mol. The van der Waals surface area contributed by atoms with Crippen LogP contribution in [0.25, 0.3) is 0 Å². The summed E-state index contributed by atoms with van der Waals surface area (Å²) in [4.78, 5) is -0.685. The third kappa shape index (κ3) is 4.61. The fourth-order valence-corrected chi connectivity index (χ4v) is 1.38. The lowest BCUT2D eigenvalue weighted by Crippen LogP contribution is -2.16. The number of rotatable bonds is 3. The second kappa shape index (κ2) is 4.94. The van der Waals surface area contributed by atoms with Crippen molar-refractivity contribution in [3.05, 3.63) is 35.6 Å². The van der Waals surface area contributed by atoms with Gasteiger partial charge in [0.15, 0.2) is 0 Å². The highest BCUT2D eigenvalue weighted by atomic mass is 79.9. The maximum Gasteiger partial charge on any atom is 0.522 e. The molecule has 0 aliphatic heterocycles. The van der Waals surface area contributed by atoms with Crippen molar-refractivity contribution in [2.45, 2.75) is 11.2 Å². The average Bonchev–Trinajstić information content (AvgIpc) is 2.13. The van der Waals surface area contributed by atoms with E-state index in [9.17, 15) is 17.6 Å². The van der Waals surface area contributed by atoms with Crippen LogP contribution in [0.4, 0.5) is 17.6 Å². The summed E-state index contributed by atoms with van der Waals surface area (Å²) in [5.41, 5.74) is 0.402. The zero-order valence-electron chi connectivity index (χ0n) is 7.39. The first-order chi connectivity index (χ1) is 6.88. The molecular formula is C9H7BrF4O. The van der Waals surface area contributed by atoms with Crippen LogP contribution in [0, 0.1) is 5.82 Å². The molecule has 0 fully saturated rings. The molecule has 0 spiro atoms. The molecule has 15 heavy (non-hydrogen) atoms. The van der Waals surface area contributed by atoms with Crippen LogP contribution in [0.2, 0.25) is 0 Å². The monoisotopic (exact) mass is 286 g/mol. The molecule has 84 valence electrons. The Labute approximate surface area is 92.2 Å². The molecule has 0 amide bonds. The molecule has 0 heterocycles. The minimum Gasteiger partial charge on any atom is -0.290 e. The Kier molecular flexibility index (Phi) is 4.10. The Morgan fingerprint density at radius 2 is 2.00 bits per heavy atom. The minimum absolute atomic E-state index is 0.402. The van der Waals surface area contributed by atoms with Crippen LogP contribution < -0.4 is 0 Å². The standard InChI is InChI=1S/C9H7BrF4O/c10-8(5-15-9(12,13)14)6-2-1-3-7(11)4-6/h1-4,8H,5H2. The zero-order valence-corrected chi connectivity index (χ0v) is 8.98. The molecule has 0 aromatic heterocycles. The van der Waals surface area contributed by atoms with Crippen molar-refractivity contribution in [1.82, 2.24) is 0 Å². The van der Waals surface area contributed by atoms with Gasteiger partial charge in [0.25, 0.3) is 0 Å². The van der Waals surface area contributed by atoms with Crippen LogP contribution in [0.15, 0.2) is 24.3 Å². The van der Waals surface area contributed by atoms with Gasteiger partial charge in [0, 0.05) is 0 Å². The molecule has 1 rings (SSSR count). The van der Waals surface area contributed by atoms with E-state index < -0.39 is 23.6 Å². The summed E-state index contributed by atoms with van der Waals surface area (Å²) in [6.07, 6.45) is -4.67. The topological polar surface area (TPSA) is 9.23 Å². The molecule has 0 aliphatic carbocycles. The molecule has 1 unspecified atom stereocenters. The van der Waals surface area contributed by atoms with Gasteiger partial charge in [-0.1, -0.05) is 28.1 Å². The molecule has 0 saturated heterocycles. The van der Waals surface area contributed by atoms with E-state index in [0.717, 1.165) is 6.07 Å². The van der Waals surface area contributed by atoms with E-state index in [2.05, 4.69) is 20.7 Å². The van der Waals surface area contributed by atoms with Crippen LogP contribution in [-0.4, -0.2) is 13.0 Å². The summed E-state index contributed by atoms with van der Waals surface area (Å²) in [6.45, 7) is -0.590. The lowest BCUT2D eigenvalue weighted by atomic mass is 10.1. The summed E-state index contributed by atoms with van der Waals surface area (Å²) in [7, 11) is 0. The maximum absolute atomic E-state index is 12.7. The van der Waals surface area contributed by atoms with Crippen LogP contribution in [0.3, 0.4) is 0 Å². The van der Waals surface area contributed by atoms with Gasteiger partial charge < -0.3 is 0 Å². The van der Waals surface area contributed by atoms with Crippen molar-refractivity contribution >= 4 is 15.9 Å². The molecule has 0 radical (unpaired) electrons. The SMILES string of the molecule is Fc1cccc(C(Br)COC(F)(F)F)c1. The van der Waals surface area contributed by atoms with Crippen LogP contribution >= 0.6 is 15.9 Å². The normalized spacial score (nSPS) is 13.9. The number of alkyl halides is 4. The van der Waals surface area contributed by atoms with E-state index in [0.29, 0.717) is 5.56 Å². The molecule has 0 saturated carbocycles. The van der Waals surface area contributed by atoms with Crippen molar-refractivity contribution in [2.75, 3.05) is 6.61 Å². The predicted molar refractivity (Wildman–Crippen MR) is 50.1 cm³/mol. The van der Waals surface area contributed by atoms with Gasteiger partial charge in [-0.05, 0) is 17.7 Å². The van der Waals surface area contributed by atoms with Gasteiger partial charge in [-0.2, -0.15) is 0 Å². The number of benzene rings is 1. The Morgan fingerprint density at radius 1 is 1.33 bits per heavy atom. The Morgan fingerprint density at radius 3 is 2.53 bits per heavy atom. The Balaban J connectivity index is 2.58. The van der Waals surface area contributed by atoms with Crippen molar-refractivity contribution in [2.24, 2.45) is 0 Å². The average molecular weight is 287 g/mol. The highest BCUT2D eigenvalue weighted by molar-refractivity contribution is 9.09. The second-order valence-corrected chi connectivity index (χ2v) is 3.88. The first-order valence-electron chi connectivity index (χ1n) is 3.99. The zero-order chi connectivity index (χ0) is 11.5. The van der Waals surface area contributed by atoms with E-state index >= 15 is 0 Å². The van der Waals surface area contributed by atoms with Crippen molar-refractivity contribution < 1.29 is 22.3 Å². The summed E-state index contributed by atoms with van der Waals surface area (Å²) in [6, 6.07) is 5.31. The smallest absolute Gasteiger partial charge is 0.290 e. The molecule has 1 aromatic rings. The highest BCUT2D eigenvalue weighted by Crippen LogP contribution is 2.27. The molecule has 0 N–H and O–H groups in total. The van der Waals surface area contributed by atoms with Crippen LogP contribution in [-0.2, 0) is 4.74 Å². The van der Waals surface area contributed by atoms with Gasteiger partial charge >= 0.3 is 6.36 Å². The summed E-state index contributed by atoms with van der Waals surface area (Å²) >= 11 is 2.98. The molecule has 1 nitrogen and oxygen atoms in total. The quantitative estimate of drug-likeness (QED) is 0.607. The van der Waals surface area contributed by atoms with Gasteiger partial charge in [0.2, 0.25) is 0 Å². The van der Waals surface area contributed by atoms with Crippen LogP contribution in [0.1, 0.15) is 10.4 Å². The molecule has 6 heteroatoms. The lowest BCUT2D eigenvalue weighted by Gasteiger charge is -2.12. The van der Waals surface area contributed by atoms with E-state index in [-0.39, 0.29) is 0 Å². The number of ether oxygens (including phenoxy) is 1. The summed E-state index contributed by atoms with van der Waals surface area (Å²) in [5.74, 6) is -0.496. The Hall–Kier alpha value is -0.620. The van der Waals surface area contributed by atoms with Gasteiger partial charge in [-0.15, -0.1) is 13.2 Å². The highest BCUT2D eigenvalue weighted by Gasteiger charge is 2.30. The van der Waals surface area contributed by atoms with Gasteiger partial charge in [0.05, 0.1) is 11.4 Å². The molecule has 1 aromatic carbocycles. The maximum atomic E-state index is 12.7. The van der Waals surface area contributed by atoms with E-state index in [4.69, 9.17) is 0 Å². The predicted octanol–water partition coefficient (Wildman–Crippen LogP) is 3.80. The molecule has 1 atom stereocenters. The number of hydrogen-bond donors (Lipinski definition) is 0. The minimum atomic E-state index is -4.67. The Bertz CT molecular complexity index is 326. The van der Waals surface area contributed by atoms with Crippen molar-refractivity contribution in [3.8, 4) is 0 Å². The van der Waals surface area contributed by atoms with Gasteiger partial charge in [0.1, 0.15) is 5.82 Å². The van der Waals surface area contributed by atoms with Crippen molar-refractivity contribution in [1.29, 1.82) is 0 Å². The first kappa shape index (κ1) is 12.4. The second-order valence-electron chi connectivity index (χ2n) is 2.78. The number of hydrogen-bond acceptors (Lipinski definition) is 1. The van der Waals surface area contributed by atoms with E-state index in [1.54, 1.807) is 0 Å². The lowest BCUT2D eigenvalue weighted by molar-refractivity contribution is -0.324.